The number of hydrogen-bond donors (Lipinski definition) is 3. The van der Waals surface area contributed by atoms with Crippen LogP contribution in [0, 0.1) is 0 Å². The highest BCUT2D eigenvalue weighted by Gasteiger charge is 2.29. The van der Waals surface area contributed by atoms with Crippen LogP contribution in [0.3, 0.4) is 0 Å². The summed E-state index contributed by atoms with van der Waals surface area (Å²) >= 11 is 1.24. The van der Waals surface area contributed by atoms with Crippen LogP contribution in [0.2, 0.25) is 0 Å². The van der Waals surface area contributed by atoms with Crippen LogP contribution >= 0.6 is 11.8 Å². The topological polar surface area (TPSA) is 92.8 Å². The molecule has 0 spiro atoms. The number of aliphatic carboxylic acids is 1. The Morgan fingerprint density at radius 1 is 1.08 bits per heavy atom. The molecule has 26 heavy (non-hydrogen) atoms. The lowest BCUT2D eigenvalue weighted by Gasteiger charge is -2.21. The molecule has 3 aromatic rings. The first-order valence-corrected chi connectivity index (χ1v) is 8.88. The molecule has 1 unspecified atom stereocenters. The summed E-state index contributed by atoms with van der Waals surface area (Å²) in [5.74, 6) is -0.620. The fourth-order valence-corrected chi connectivity index (χ4v) is 3.95. The van der Waals surface area contributed by atoms with Gasteiger partial charge in [0.25, 0.3) is 0 Å². The number of carboxylic acids is 1. The van der Waals surface area contributed by atoms with E-state index < -0.39 is 17.3 Å². The predicted octanol–water partition coefficient (Wildman–Crippen LogP) is 3.71. The third-order valence-electron chi connectivity index (χ3n) is 4.17. The number of thioether (sulfide) groups is 1. The van der Waals surface area contributed by atoms with E-state index in [9.17, 15) is 15.0 Å². The first-order valence-electron chi connectivity index (χ1n) is 8.00. The molecule has 4 N–H and O–H groups in total. The molecule has 2 atom stereocenters. The van der Waals surface area contributed by atoms with Crippen LogP contribution in [0.5, 0.6) is 5.75 Å². The number of carboxylic acid groups (broad SMARTS) is 1. The largest absolute Gasteiger partial charge is 0.497 e. The fourth-order valence-electron chi connectivity index (χ4n) is 2.75. The van der Waals surface area contributed by atoms with E-state index in [2.05, 4.69) is 0 Å². The molecule has 0 saturated carbocycles. The molecule has 134 valence electrons. The van der Waals surface area contributed by atoms with Crippen LogP contribution in [0.15, 0.2) is 65.6 Å². The van der Waals surface area contributed by atoms with Gasteiger partial charge < -0.3 is 20.7 Å². The zero-order chi connectivity index (χ0) is 18.7. The zero-order valence-electron chi connectivity index (χ0n) is 14.1. The monoisotopic (exact) mass is 369 g/mol. The molecular weight excluding hydrogens is 350 g/mol. The maximum Gasteiger partial charge on any atom is 0.334 e. The minimum Gasteiger partial charge on any atom is -0.497 e. The highest BCUT2D eigenvalue weighted by molar-refractivity contribution is 7.99. The quantitative estimate of drug-likeness (QED) is 0.453. The minimum absolute atomic E-state index is 0.573. The maximum absolute atomic E-state index is 11.4. The number of ether oxygens (including phenoxy) is 1. The first-order chi connectivity index (χ1) is 12.5. The highest BCUT2D eigenvalue weighted by atomic mass is 32.2. The number of carbonyl (C=O) groups is 1. The molecule has 3 aromatic carbocycles. The zero-order valence-corrected chi connectivity index (χ0v) is 14.9. The third-order valence-corrected chi connectivity index (χ3v) is 5.56. The highest BCUT2D eigenvalue weighted by Crippen LogP contribution is 2.42. The van der Waals surface area contributed by atoms with Gasteiger partial charge in [-0.15, -0.1) is 11.8 Å². The Bertz CT molecular complexity index is 927. The maximum atomic E-state index is 11.4. The number of fused-ring (bicyclic) bond motifs is 1. The summed E-state index contributed by atoms with van der Waals surface area (Å²) in [6, 6.07) is 18.5. The number of nitrogen functional groups attached to an aromatic ring is 1. The third kappa shape index (κ3) is 3.61. The summed E-state index contributed by atoms with van der Waals surface area (Å²) in [4.78, 5) is 12.1. The molecule has 0 radical (unpaired) electrons. The Balaban J connectivity index is 2.00. The Kier molecular flexibility index (Phi) is 5.35. The summed E-state index contributed by atoms with van der Waals surface area (Å²) in [6.45, 7) is 0. The summed E-state index contributed by atoms with van der Waals surface area (Å²) in [5.41, 5.74) is 7.55. The van der Waals surface area contributed by atoms with Crippen molar-refractivity contribution in [1.82, 2.24) is 0 Å². The Morgan fingerprint density at radius 3 is 2.42 bits per heavy atom. The summed E-state index contributed by atoms with van der Waals surface area (Å²) in [5, 5.41) is 20.8. The van der Waals surface area contributed by atoms with Gasteiger partial charge in [-0.05, 0) is 29.1 Å². The van der Waals surface area contributed by atoms with Crippen LogP contribution in [-0.2, 0) is 4.79 Å². The average Bonchev–Trinajstić information content (AvgIpc) is 2.67. The molecule has 0 aromatic heterocycles. The number of aliphatic hydroxyl groups is 1. The van der Waals surface area contributed by atoms with Crippen molar-refractivity contribution in [3.8, 4) is 5.75 Å². The average molecular weight is 369 g/mol. The number of hydrogen-bond acceptors (Lipinski definition) is 5. The van der Waals surface area contributed by atoms with Crippen molar-refractivity contribution in [2.24, 2.45) is 0 Å². The second-order valence-electron chi connectivity index (χ2n) is 5.79. The van der Waals surface area contributed by atoms with Gasteiger partial charge in [0.2, 0.25) is 0 Å². The first kappa shape index (κ1) is 18.1. The number of nitrogens with two attached hydrogens (primary N) is 1. The second kappa shape index (κ2) is 7.68. The Hall–Kier alpha value is -2.70. The summed E-state index contributed by atoms with van der Waals surface area (Å²) < 4.78 is 5.14. The van der Waals surface area contributed by atoms with Gasteiger partial charge >= 0.3 is 5.97 Å². The van der Waals surface area contributed by atoms with E-state index in [-0.39, 0.29) is 0 Å². The van der Waals surface area contributed by atoms with Gasteiger partial charge in [-0.1, -0.05) is 42.5 Å². The molecule has 0 saturated heterocycles. The molecular formula is C20H19NO4S. The van der Waals surface area contributed by atoms with Crippen molar-refractivity contribution in [1.29, 1.82) is 0 Å². The number of anilines is 1. The van der Waals surface area contributed by atoms with Crippen molar-refractivity contribution in [3.63, 3.8) is 0 Å². The SMILES string of the molecule is COc1ccc([C@@H](Sc2ccc3ccccc3c2N)C(O)C(=O)O)cc1. The van der Waals surface area contributed by atoms with E-state index in [0.717, 1.165) is 15.7 Å². The summed E-state index contributed by atoms with van der Waals surface area (Å²) in [7, 11) is 1.56. The molecule has 5 nitrogen and oxygen atoms in total. The molecule has 0 amide bonds. The van der Waals surface area contributed by atoms with Gasteiger partial charge in [0.1, 0.15) is 5.75 Å². The van der Waals surface area contributed by atoms with Gasteiger partial charge in [-0.2, -0.15) is 0 Å². The van der Waals surface area contributed by atoms with E-state index in [1.165, 1.54) is 11.8 Å². The number of methoxy groups -OCH3 is 1. The van der Waals surface area contributed by atoms with Gasteiger partial charge in [0.05, 0.1) is 18.0 Å². The molecule has 0 aliphatic rings. The molecule has 0 aliphatic carbocycles. The van der Waals surface area contributed by atoms with E-state index in [0.29, 0.717) is 17.0 Å². The van der Waals surface area contributed by atoms with Crippen molar-refractivity contribution in [2.45, 2.75) is 16.2 Å². The van der Waals surface area contributed by atoms with E-state index in [1.54, 1.807) is 31.4 Å². The Morgan fingerprint density at radius 2 is 1.77 bits per heavy atom. The number of benzene rings is 3. The second-order valence-corrected chi connectivity index (χ2v) is 6.98. The predicted molar refractivity (Wildman–Crippen MR) is 104 cm³/mol. The van der Waals surface area contributed by atoms with Crippen molar-refractivity contribution < 1.29 is 19.7 Å². The number of aliphatic hydroxyl groups excluding tert-OH is 1. The fraction of sp³-hybridized carbons (Fsp3) is 0.150. The lowest BCUT2D eigenvalue weighted by Crippen LogP contribution is -2.26. The van der Waals surface area contributed by atoms with Crippen LogP contribution in [0.25, 0.3) is 10.8 Å². The van der Waals surface area contributed by atoms with Crippen LogP contribution in [-0.4, -0.2) is 29.4 Å². The lowest BCUT2D eigenvalue weighted by molar-refractivity contribution is -0.146. The van der Waals surface area contributed by atoms with E-state index in [1.807, 2.05) is 36.4 Å². The van der Waals surface area contributed by atoms with Gasteiger partial charge in [0.15, 0.2) is 6.10 Å². The van der Waals surface area contributed by atoms with Crippen LogP contribution < -0.4 is 10.5 Å². The van der Waals surface area contributed by atoms with Crippen molar-refractivity contribution in [3.05, 3.63) is 66.2 Å². The van der Waals surface area contributed by atoms with Gasteiger partial charge in [-0.3, -0.25) is 0 Å². The van der Waals surface area contributed by atoms with Crippen molar-refractivity contribution >= 4 is 34.2 Å². The van der Waals surface area contributed by atoms with Crippen LogP contribution in [0.1, 0.15) is 10.8 Å². The standard InChI is InChI=1S/C20H19NO4S/c1-25-14-9-6-13(7-10-14)19(18(22)20(23)24)26-16-11-8-12-4-2-3-5-15(12)17(16)21/h2-11,18-19,22H,21H2,1H3,(H,23,24)/t18?,19-/m1/s1. The molecule has 6 heteroatoms. The normalized spacial score (nSPS) is 13.3. The molecule has 0 aliphatic heterocycles. The molecule has 3 rings (SSSR count). The molecule has 0 heterocycles. The smallest absolute Gasteiger partial charge is 0.334 e. The van der Waals surface area contributed by atoms with Crippen molar-refractivity contribution in [2.75, 3.05) is 12.8 Å². The van der Waals surface area contributed by atoms with Gasteiger partial charge in [-0.25, -0.2) is 4.79 Å². The minimum atomic E-state index is -1.57. The van der Waals surface area contributed by atoms with E-state index >= 15 is 0 Å². The lowest BCUT2D eigenvalue weighted by atomic mass is 10.1. The summed E-state index contributed by atoms with van der Waals surface area (Å²) in [6.07, 6.45) is -1.57. The van der Waals surface area contributed by atoms with Gasteiger partial charge in [0, 0.05) is 10.3 Å². The number of rotatable bonds is 6. The molecule has 0 bridgehead atoms. The van der Waals surface area contributed by atoms with Crippen LogP contribution in [0.4, 0.5) is 5.69 Å². The van der Waals surface area contributed by atoms with E-state index in [4.69, 9.17) is 10.5 Å². The molecule has 0 fully saturated rings. The Labute approximate surface area is 155 Å².